The van der Waals surface area contributed by atoms with Crippen molar-refractivity contribution in [1.82, 2.24) is 19.1 Å². The molecule has 0 bridgehead atoms. The zero-order valence-electron chi connectivity index (χ0n) is 14.3. The lowest BCUT2D eigenvalue weighted by Crippen LogP contribution is -2.36. The van der Waals surface area contributed by atoms with Crippen molar-refractivity contribution in [2.24, 2.45) is 14.1 Å². The number of nitrogens with one attached hydrogen (secondary N) is 1. The van der Waals surface area contributed by atoms with Gasteiger partial charge in [-0.15, -0.1) is 0 Å². The van der Waals surface area contributed by atoms with Gasteiger partial charge in [0.1, 0.15) is 17.1 Å². The van der Waals surface area contributed by atoms with E-state index in [1.54, 1.807) is 7.05 Å². The first-order chi connectivity index (χ1) is 12.0. The summed E-state index contributed by atoms with van der Waals surface area (Å²) in [6.07, 6.45) is 4.88. The zero-order chi connectivity index (χ0) is 17.6. The normalized spacial score (nSPS) is 15.1. The summed E-state index contributed by atoms with van der Waals surface area (Å²) in [5.74, 6) is 1.34. The van der Waals surface area contributed by atoms with Crippen LogP contribution in [0.2, 0.25) is 0 Å². The summed E-state index contributed by atoms with van der Waals surface area (Å²) in [6.45, 7) is 0. The van der Waals surface area contributed by atoms with Crippen LogP contribution in [0.5, 0.6) is 5.75 Å². The highest BCUT2D eigenvalue weighted by Gasteiger charge is 2.18. The van der Waals surface area contributed by atoms with E-state index in [4.69, 9.17) is 4.74 Å². The highest BCUT2D eigenvalue weighted by atomic mass is 16.5. The summed E-state index contributed by atoms with van der Waals surface area (Å²) in [6, 6.07) is 7.66. The van der Waals surface area contributed by atoms with Crippen LogP contribution >= 0.6 is 0 Å². The quantitative estimate of drug-likeness (QED) is 0.790. The second-order valence-electron chi connectivity index (χ2n) is 6.54. The van der Waals surface area contributed by atoms with E-state index in [9.17, 15) is 9.59 Å². The van der Waals surface area contributed by atoms with Crippen molar-refractivity contribution in [1.29, 1.82) is 0 Å². The summed E-state index contributed by atoms with van der Waals surface area (Å²) in [5, 5.41) is 0. The summed E-state index contributed by atoms with van der Waals surface area (Å²) in [5.41, 5.74) is 0.720. The lowest BCUT2D eigenvalue weighted by Gasteiger charge is -2.13. The molecule has 0 atom stereocenters. The number of aryl methyl sites for hydroxylation is 1. The van der Waals surface area contributed by atoms with E-state index in [0.717, 1.165) is 28.7 Å². The molecule has 130 valence electrons. The van der Waals surface area contributed by atoms with Gasteiger partial charge in [-0.05, 0) is 37.8 Å². The third-order valence-electron chi connectivity index (χ3n) is 4.81. The van der Waals surface area contributed by atoms with Gasteiger partial charge in [0.25, 0.3) is 5.56 Å². The number of benzene rings is 1. The second kappa shape index (κ2) is 5.91. The van der Waals surface area contributed by atoms with Crippen LogP contribution in [0, 0.1) is 0 Å². The van der Waals surface area contributed by atoms with Crippen LogP contribution in [-0.2, 0) is 14.1 Å². The van der Waals surface area contributed by atoms with Gasteiger partial charge in [-0.2, -0.15) is 0 Å². The number of fused-ring (bicyclic) bond motifs is 1. The Balaban J connectivity index is 1.77. The highest BCUT2D eigenvalue weighted by molar-refractivity contribution is 5.75. The fourth-order valence-corrected chi connectivity index (χ4v) is 3.38. The Morgan fingerprint density at radius 1 is 1.16 bits per heavy atom. The average molecular weight is 340 g/mol. The van der Waals surface area contributed by atoms with E-state index in [-0.39, 0.29) is 11.7 Å². The maximum Gasteiger partial charge on any atom is 0.332 e. The first kappa shape index (κ1) is 15.7. The maximum absolute atomic E-state index is 12.3. The number of rotatable bonds is 3. The van der Waals surface area contributed by atoms with Crippen LogP contribution < -0.4 is 16.0 Å². The number of ether oxygens (including phenoxy) is 1. The fourth-order valence-electron chi connectivity index (χ4n) is 3.38. The van der Waals surface area contributed by atoms with Crippen LogP contribution in [0.1, 0.15) is 25.7 Å². The van der Waals surface area contributed by atoms with E-state index in [1.165, 1.54) is 24.5 Å². The van der Waals surface area contributed by atoms with E-state index < -0.39 is 5.69 Å². The fraction of sp³-hybridized carbons (Fsp3) is 0.389. The molecule has 0 spiro atoms. The molecule has 0 saturated heterocycles. The minimum atomic E-state index is -0.395. The molecule has 1 N–H and O–H groups in total. The van der Waals surface area contributed by atoms with Crippen LogP contribution in [0.15, 0.2) is 33.9 Å². The van der Waals surface area contributed by atoms with Crippen LogP contribution in [0.4, 0.5) is 0 Å². The molecule has 2 heterocycles. The Morgan fingerprint density at radius 3 is 2.68 bits per heavy atom. The number of aromatic nitrogens is 4. The monoisotopic (exact) mass is 340 g/mol. The Labute approximate surface area is 143 Å². The zero-order valence-corrected chi connectivity index (χ0v) is 14.3. The molecule has 1 aromatic carbocycles. The third kappa shape index (κ3) is 2.65. The Morgan fingerprint density at radius 2 is 1.92 bits per heavy atom. The number of hydrogen-bond acceptors (Lipinski definition) is 4. The standard InChI is InChI=1S/C18H20N4O3/c1-21-16-14(17(23)22(2)18(21)24)19-15(20-16)11-6-5-9-13(10-11)25-12-7-3-4-8-12/h5-6,9-10,12H,3-4,7-8H2,1-2H3,(H,19,20). The van der Waals surface area contributed by atoms with Gasteiger partial charge < -0.3 is 9.72 Å². The molecule has 1 aliphatic carbocycles. The number of nitrogens with zero attached hydrogens (tertiary/aromatic N) is 3. The van der Waals surface area contributed by atoms with E-state index in [1.807, 2.05) is 24.3 Å². The van der Waals surface area contributed by atoms with E-state index >= 15 is 0 Å². The predicted octanol–water partition coefficient (Wildman–Crippen LogP) is 1.95. The molecular weight excluding hydrogens is 320 g/mol. The third-order valence-corrected chi connectivity index (χ3v) is 4.81. The molecule has 7 nitrogen and oxygen atoms in total. The van der Waals surface area contributed by atoms with Crippen molar-refractivity contribution >= 4 is 11.2 Å². The maximum atomic E-state index is 12.3. The molecule has 25 heavy (non-hydrogen) atoms. The van der Waals surface area contributed by atoms with Gasteiger partial charge in [0.2, 0.25) is 0 Å². The molecule has 0 amide bonds. The average Bonchev–Trinajstić information content (AvgIpc) is 3.28. The first-order valence-corrected chi connectivity index (χ1v) is 8.47. The van der Waals surface area contributed by atoms with Gasteiger partial charge in [0.05, 0.1) is 6.10 Å². The molecule has 0 radical (unpaired) electrons. The van der Waals surface area contributed by atoms with Crippen molar-refractivity contribution in [3.63, 3.8) is 0 Å². The minimum Gasteiger partial charge on any atom is -0.490 e. The SMILES string of the molecule is Cn1c(=O)c2[nH]c(-c3cccc(OC4CCCC4)c3)nc2n(C)c1=O. The van der Waals surface area contributed by atoms with E-state index in [0.29, 0.717) is 17.0 Å². The molecular formula is C18H20N4O3. The second-order valence-corrected chi connectivity index (χ2v) is 6.54. The van der Waals surface area contributed by atoms with Gasteiger partial charge >= 0.3 is 5.69 Å². The van der Waals surface area contributed by atoms with Gasteiger partial charge in [-0.25, -0.2) is 9.78 Å². The van der Waals surface area contributed by atoms with Crippen molar-refractivity contribution in [2.75, 3.05) is 0 Å². The van der Waals surface area contributed by atoms with Crippen LogP contribution in [0.3, 0.4) is 0 Å². The van der Waals surface area contributed by atoms with Crippen LogP contribution in [0.25, 0.3) is 22.6 Å². The van der Waals surface area contributed by atoms with Crippen molar-refractivity contribution in [2.45, 2.75) is 31.8 Å². The van der Waals surface area contributed by atoms with Gasteiger partial charge in [-0.3, -0.25) is 13.9 Å². The Kier molecular flexibility index (Phi) is 3.71. The van der Waals surface area contributed by atoms with Crippen LogP contribution in [-0.4, -0.2) is 25.2 Å². The number of aromatic amines is 1. The lowest BCUT2D eigenvalue weighted by atomic mass is 10.2. The molecule has 3 aromatic rings. The molecule has 2 aromatic heterocycles. The summed E-state index contributed by atoms with van der Waals surface area (Å²) in [4.78, 5) is 31.9. The molecule has 1 aliphatic rings. The number of imidazole rings is 1. The summed E-state index contributed by atoms with van der Waals surface area (Å²) < 4.78 is 8.48. The number of hydrogen-bond donors (Lipinski definition) is 1. The number of H-pyrrole nitrogens is 1. The highest BCUT2D eigenvalue weighted by Crippen LogP contribution is 2.27. The lowest BCUT2D eigenvalue weighted by molar-refractivity contribution is 0.210. The topological polar surface area (TPSA) is 81.9 Å². The largest absolute Gasteiger partial charge is 0.490 e. The summed E-state index contributed by atoms with van der Waals surface area (Å²) >= 11 is 0. The van der Waals surface area contributed by atoms with Crippen molar-refractivity contribution in [3.05, 3.63) is 45.1 Å². The van der Waals surface area contributed by atoms with Crippen molar-refractivity contribution < 1.29 is 4.74 Å². The molecule has 7 heteroatoms. The molecule has 0 aliphatic heterocycles. The minimum absolute atomic E-state index is 0.277. The van der Waals surface area contributed by atoms with Crippen molar-refractivity contribution in [3.8, 4) is 17.1 Å². The molecule has 1 saturated carbocycles. The van der Waals surface area contributed by atoms with E-state index in [2.05, 4.69) is 9.97 Å². The Hall–Kier alpha value is -2.83. The molecule has 0 unspecified atom stereocenters. The molecule has 1 fully saturated rings. The molecule has 4 rings (SSSR count). The van der Waals surface area contributed by atoms with Gasteiger partial charge in [0.15, 0.2) is 5.65 Å². The predicted molar refractivity (Wildman–Crippen MR) is 94.9 cm³/mol. The van der Waals surface area contributed by atoms with Gasteiger partial charge in [0, 0.05) is 19.7 Å². The first-order valence-electron chi connectivity index (χ1n) is 8.47. The summed E-state index contributed by atoms with van der Waals surface area (Å²) in [7, 11) is 3.06. The smallest absolute Gasteiger partial charge is 0.332 e. The van der Waals surface area contributed by atoms with Gasteiger partial charge in [-0.1, -0.05) is 12.1 Å². The Bertz CT molecular complexity index is 1050.